The molecule has 0 saturated heterocycles. The van der Waals surface area contributed by atoms with Crippen molar-refractivity contribution < 1.29 is 9.53 Å². The first-order chi connectivity index (χ1) is 14.2. The third kappa shape index (κ3) is 4.80. The van der Waals surface area contributed by atoms with Gasteiger partial charge in [-0.3, -0.25) is 14.4 Å². The second-order valence-electron chi connectivity index (χ2n) is 6.57. The fraction of sp³-hybridized carbons (Fsp3) is 0.174. The first-order valence-electron chi connectivity index (χ1n) is 9.27. The van der Waals surface area contributed by atoms with Crippen LogP contribution in [0.15, 0.2) is 59.9 Å². The molecule has 0 unspecified atom stereocenters. The molecule has 0 spiro atoms. The van der Waals surface area contributed by atoms with Crippen molar-refractivity contribution >= 4 is 36.4 Å². The molecule has 1 N–H and O–H groups in total. The van der Waals surface area contributed by atoms with Crippen LogP contribution >= 0.6 is 24.8 Å². The summed E-state index contributed by atoms with van der Waals surface area (Å²) in [5.41, 5.74) is 5.51. The van der Waals surface area contributed by atoms with E-state index in [2.05, 4.69) is 16.2 Å². The number of halogens is 2. The van der Waals surface area contributed by atoms with Crippen molar-refractivity contribution in [3.63, 3.8) is 0 Å². The smallest absolute Gasteiger partial charge is 0.271 e. The number of aliphatic imine (C=N–C) groups is 1. The minimum absolute atomic E-state index is 0. The van der Waals surface area contributed by atoms with Crippen LogP contribution in [-0.4, -0.2) is 41.4 Å². The predicted molar refractivity (Wildman–Crippen MR) is 126 cm³/mol. The Morgan fingerprint density at radius 2 is 2.00 bits per heavy atom. The zero-order valence-corrected chi connectivity index (χ0v) is 18.5. The van der Waals surface area contributed by atoms with Gasteiger partial charge in [-0.05, 0) is 18.2 Å². The SMILES string of the molecule is C#Cc1ccc2c(c1)C(c1ccccc1)=NCc1c(C(=O)NCCOC)ncn1-2.Cl.Cl. The molecule has 1 aromatic heterocycles. The molecule has 0 atom stereocenters. The number of benzene rings is 2. The molecule has 1 aliphatic rings. The van der Waals surface area contributed by atoms with E-state index in [9.17, 15) is 4.79 Å². The second kappa shape index (κ2) is 10.8. The molecule has 0 aliphatic carbocycles. The number of carbonyl (C=O) groups is 1. The zero-order chi connectivity index (χ0) is 20.2. The van der Waals surface area contributed by atoms with E-state index in [-0.39, 0.29) is 30.7 Å². The van der Waals surface area contributed by atoms with Gasteiger partial charge in [0.25, 0.3) is 5.91 Å². The van der Waals surface area contributed by atoms with Crippen LogP contribution in [0.25, 0.3) is 5.69 Å². The number of nitrogens with one attached hydrogen (secondary N) is 1. The number of imidazole rings is 1. The highest BCUT2D eigenvalue weighted by Gasteiger charge is 2.24. The number of ether oxygens (including phenoxy) is 1. The van der Waals surface area contributed by atoms with E-state index in [0.717, 1.165) is 33.8 Å². The number of amides is 1. The molecule has 1 amide bonds. The molecule has 0 bridgehead atoms. The topological polar surface area (TPSA) is 68.5 Å². The average molecular weight is 457 g/mol. The van der Waals surface area contributed by atoms with Crippen molar-refractivity contribution in [1.82, 2.24) is 14.9 Å². The van der Waals surface area contributed by atoms with Crippen molar-refractivity contribution in [1.29, 1.82) is 0 Å². The molecule has 6 nitrogen and oxygen atoms in total. The lowest BCUT2D eigenvalue weighted by Crippen LogP contribution is -2.28. The Morgan fingerprint density at radius 3 is 2.71 bits per heavy atom. The van der Waals surface area contributed by atoms with Crippen LogP contribution in [0, 0.1) is 12.3 Å². The Labute approximate surface area is 193 Å². The van der Waals surface area contributed by atoms with Crippen molar-refractivity contribution in [3.05, 3.63) is 82.9 Å². The zero-order valence-electron chi connectivity index (χ0n) is 16.9. The van der Waals surface area contributed by atoms with Gasteiger partial charge in [0.2, 0.25) is 0 Å². The molecule has 31 heavy (non-hydrogen) atoms. The molecule has 4 rings (SSSR count). The third-order valence-electron chi connectivity index (χ3n) is 4.79. The first-order valence-corrected chi connectivity index (χ1v) is 9.27. The van der Waals surface area contributed by atoms with Crippen LogP contribution < -0.4 is 5.32 Å². The van der Waals surface area contributed by atoms with Gasteiger partial charge in [0.15, 0.2) is 5.69 Å². The van der Waals surface area contributed by atoms with Crippen LogP contribution in [0.4, 0.5) is 0 Å². The maximum atomic E-state index is 12.6. The monoisotopic (exact) mass is 456 g/mol. The molecule has 0 fully saturated rings. The summed E-state index contributed by atoms with van der Waals surface area (Å²) in [6.07, 6.45) is 7.30. The van der Waals surface area contributed by atoms with Gasteiger partial charge in [-0.25, -0.2) is 4.98 Å². The standard InChI is InChI=1S/C23H20N4O2.2ClH/c1-3-16-9-10-19-18(13-16)21(17-7-5-4-6-8-17)25-14-20-22(26-15-27(19)20)23(28)24-11-12-29-2;;/h1,4-10,13,15H,11-12,14H2,2H3,(H,24,28);2*1H. The third-order valence-corrected chi connectivity index (χ3v) is 4.79. The summed E-state index contributed by atoms with van der Waals surface area (Å²) in [5.74, 6) is 2.45. The number of carbonyl (C=O) groups excluding carboxylic acids is 1. The normalized spacial score (nSPS) is 11.4. The minimum Gasteiger partial charge on any atom is -0.383 e. The predicted octanol–water partition coefficient (Wildman–Crippen LogP) is 3.42. The van der Waals surface area contributed by atoms with E-state index < -0.39 is 0 Å². The van der Waals surface area contributed by atoms with Gasteiger partial charge in [-0.1, -0.05) is 36.3 Å². The van der Waals surface area contributed by atoms with Crippen LogP contribution in [0.2, 0.25) is 0 Å². The highest BCUT2D eigenvalue weighted by Crippen LogP contribution is 2.27. The van der Waals surface area contributed by atoms with Gasteiger partial charge in [-0.15, -0.1) is 31.2 Å². The number of terminal acetylenes is 1. The molecule has 0 saturated carbocycles. The average Bonchev–Trinajstić information content (AvgIpc) is 3.11. The molecule has 0 radical (unpaired) electrons. The summed E-state index contributed by atoms with van der Waals surface area (Å²) in [6, 6.07) is 15.7. The fourth-order valence-electron chi connectivity index (χ4n) is 3.38. The summed E-state index contributed by atoms with van der Waals surface area (Å²) in [6.45, 7) is 1.19. The molecule has 3 aromatic rings. The summed E-state index contributed by atoms with van der Waals surface area (Å²) in [4.78, 5) is 21.8. The Bertz CT molecular complexity index is 1130. The summed E-state index contributed by atoms with van der Waals surface area (Å²) < 4.78 is 6.91. The maximum Gasteiger partial charge on any atom is 0.271 e. The Hall–Kier alpha value is -3.11. The van der Waals surface area contributed by atoms with Gasteiger partial charge >= 0.3 is 0 Å². The second-order valence-corrected chi connectivity index (χ2v) is 6.57. The quantitative estimate of drug-likeness (QED) is 0.472. The highest BCUT2D eigenvalue weighted by molar-refractivity contribution is 6.15. The Morgan fingerprint density at radius 1 is 1.23 bits per heavy atom. The van der Waals surface area contributed by atoms with E-state index >= 15 is 0 Å². The molecule has 160 valence electrons. The molecule has 2 aromatic carbocycles. The number of fused-ring (bicyclic) bond motifs is 3. The number of hydrogen-bond acceptors (Lipinski definition) is 4. The summed E-state index contributed by atoms with van der Waals surface area (Å²) >= 11 is 0. The van der Waals surface area contributed by atoms with E-state index in [1.54, 1.807) is 13.4 Å². The number of nitrogens with zero attached hydrogens (tertiary/aromatic N) is 3. The van der Waals surface area contributed by atoms with Gasteiger partial charge in [0, 0.05) is 30.3 Å². The van der Waals surface area contributed by atoms with Crippen LogP contribution in [0.3, 0.4) is 0 Å². The van der Waals surface area contributed by atoms with Gasteiger partial charge in [0.1, 0.15) is 6.33 Å². The lowest BCUT2D eigenvalue weighted by molar-refractivity contribution is 0.0931. The molecule has 2 heterocycles. The Kier molecular flexibility index (Phi) is 8.40. The summed E-state index contributed by atoms with van der Waals surface area (Å²) in [7, 11) is 1.59. The van der Waals surface area contributed by atoms with Gasteiger partial charge in [-0.2, -0.15) is 0 Å². The lowest BCUT2D eigenvalue weighted by atomic mass is 9.98. The maximum absolute atomic E-state index is 12.6. The highest BCUT2D eigenvalue weighted by atomic mass is 35.5. The molecular formula is C23H22Cl2N4O2. The molecular weight excluding hydrogens is 435 g/mol. The van der Waals surface area contributed by atoms with Crippen LogP contribution in [0.1, 0.15) is 32.9 Å². The van der Waals surface area contributed by atoms with Crippen molar-refractivity contribution in [3.8, 4) is 18.0 Å². The lowest BCUT2D eigenvalue weighted by Gasteiger charge is -2.12. The van der Waals surface area contributed by atoms with Gasteiger partial charge in [0.05, 0.1) is 30.2 Å². The van der Waals surface area contributed by atoms with E-state index in [4.69, 9.17) is 16.2 Å². The number of aromatic nitrogens is 2. The number of methoxy groups -OCH3 is 1. The minimum atomic E-state index is -0.240. The first kappa shape index (κ1) is 24.2. The van der Waals surface area contributed by atoms with Crippen molar-refractivity contribution in [2.24, 2.45) is 4.99 Å². The largest absolute Gasteiger partial charge is 0.383 e. The molecule has 8 heteroatoms. The van der Waals surface area contributed by atoms with Gasteiger partial charge < -0.3 is 10.1 Å². The number of rotatable bonds is 5. The van der Waals surface area contributed by atoms with E-state index in [1.165, 1.54) is 0 Å². The number of hydrogen-bond donors (Lipinski definition) is 1. The van der Waals surface area contributed by atoms with Crippen LogP contribution in [-0.2, 0) is 11.3 Å². The fourth-order valence-corrected chi connectivity index (χ4v) is 3.38. The summed E-state index contributed by atoms with van der Waals surface area (Å²) in [5, 5.41) is 2.83. The van der Waals surface area contributed by atoms with E-state index in [1.807, 2.05) is 53.1 Å². The Balaban J connectivity index is 0.00000171. The van der Waals surface area contributed by atoms with Crippen molar-refractivity contribution in [2.45, 2.75) is 6.54 Å². The van der Waals surface area contributed by atoms with Crippen LogP contribution in [0.5, 0.6) is 0 Å². The van der Waals surface area contributed by atoms with E-state index in [0.29, 0.717) is 25.4 Å². The molecule has 1 aliphatic heterocycles. The van der Waals surface area contributed by atoms with Crippen molar-refractivity contribution in [2.75, 3.05) is 20.3 Å².